The van der Waals surface area contributed by atoms with Crippen LogP contribution in [-0.2, 0) is 11.3 Å². The number of aromatic nitrogens is 4. The molecule has 3 heterocycles. The third-order valence-electron chi connectivity index (χ3n) is 4.13. The van der Waals surface area contributed by atoms with Crippen LogP contribution in [0.4, 0.5) is 5.69 Å². The van der Waals surface area contributed by atoms with E-state index in [1.165, 1.54) is 23.1 Å². The number of thiophene rings is 1. The molecule has 1 aromatic carbocycles. The average molecular weight is 400 g/mol. The van der Waals surface area contributed by atoms with Gasteiger partial charge in [0.2, 0.25) is 11.7 Å². The molecule has 0 saturated heterocycles. The molecule has 27 heavy (non-hydrogen) atoms. The minimum absolute atomic E-state index is 0.0591. The van der Waals surface area contributed by atoms with Crippen molar-refractivity contribution in [3.8, 4) is 0 Å². The third-order valence-corrected chi connectivity index (χ3v) is 5.95. The molecule has 0 fully saturated rings. The van der Waals surface area contributed by atoms with Gasteiger partial charge in [-0.05, 0) is 43.0 Å². The average Bonchev–Trinajstić information content (AvgIpc) is 3.27. The van der Waals surface area contributed by atoms with E-state index in [1.54, 1.807) is 4.57 Å². The second-order valence-corrected chi connectivity index (χ2v) is 7.87. The number of thioether (sulfide) groups is 1. The number of benzene rings is 1. The van der Waals surface area contributed by atoms with Crippen LogP contribution < -0.4 is 10.9 Å². The van der Waals surface area contributed by atoms with Gasteiger partial charge in [0.05, 0.1) is 11.3 Å². The highest BCUT2D eigenvalue weighted by molar-refractivity contribution is 7.99. The molecule has 0 aliphatic heterocycles. The van der Waals surface area contributed by atoms with Crippen LogP contribution in [0.25, 0.3) is 16.0 Å². The number of aryl methyl sites for hydroxylation is 2. The van der Waals surface area contributed by atoms with Crippen LogP contribution in [0.15, 0.2) is 45.7 Å². The maximum Gasteiger partial charge on any atom is 0.272 e. The molecule has 0 atom stereocenters. The fraction of sp³-hybridized carbons (Fsp3) is 0.222. The maximum absolute atomic E-state index is 12.6. The Balaban J connectivity index is 1.62. The van der Waals surface area contributed by atoms with Gasteiger partial charge in [-0.3, -0.25) is 18.6 Å². The van der Waals surface area contributed by atoms with Gasteiger partial charge >= 0.3 is 0 Å². The van der Waals surface area contributed by atoms with E-state index in [0.29, 0.717) is 22.2 Å². The molecule has 4 aromatic rings. The Morgan fingerprint density at radius 3 is 2.93 bits per heavy atom. The largest absolute Gasteiger partial charge is 0.325 e. The van der Waals surface area contributed by atoms with Gasteiger partial charge in [0, 0.05) is 12.2 Å². The molecule has 4 rings (SSSR count). The summed E-state index contributed by atoms with van der Waals surface area (Å²) in [4.78, 5) is 24.9. The molecule has 0 aliphatic carbocycles. The van der Waals surface area contributed by atoms with E-state index in [1.807, 2.05) is 54.0 Å². The van der Waals surface area contributed by atoms with Crippen LogP contribution in [-0.4, -0.2) is 30.8 Å². The first-order valence-electron chi connectivity index (χ1n) is 8.43. The Morgan fingerprint density at radius 1 is 1.30 bits per heavy atom. The quantitative estimate of drug-likeness (QED) is 0.521. The number of fused-ring (bicyclic) bond motifs is 3. The summed E-state index contributed by atoms with van der Waals surface area (Å²) in [6.07, 6.45) is 0. The zero-order chi connectivity index (χ0) is 19.0. The second-order valence-electron chi connectivity index (χ2n) is 6.01. The van der Waals surface area contributed by atoms with Crippen molar-refractivity contribution in [3.05, 3.63) is 51.6 Å². The van der Waals surface area contributed by atoms with Crippen molar-refractivity contribution in [1.29, 1.82) is 0 Å². The zero-order valence-electron chi connectivity index (χ0n) is 14.8. The molecule has 0 spiro atoms. The Morgan fingerprint density at radius 2 is 2.15 bits per heavy atom. The van der Waals surface area contributed by atoms with Crippen molar-refractivity contribution < 1.29 is 4.79 Å². The van der Waals surface area contributed by atoms with E-state index in [0.717, 1.165) is 16.8 Å². The third kappa shape index (κ3) is 3.24. The highest BCUT2D eigenvalue weighted by Crippen LogP contribution is 2.24. The first-order chi connectivity index (χ1) is 13.1. The number of rotatable bonds is 5. The molecule has 7 nitrogen and oxygen atoms in total. The van der Waals surface area contributed by atoms with Crippen molar-refractivity contribution in [3.63, 3.8) is 0 Å². The number of nitrogens with zero attached hydrogens (tertiary/aromatic N) is 4. The van der Waals surface area contributed by atoms with Crippen molar-refractivity contribution in [2.24, 2.45) is 0 Å². The van der Waals surface area contributed by atoms with E-state index >= 15 is 0 Å². The summed E-state index contributed by atoms with van der Waals surface area (Å²) in [5, 5.41) is 13.7. The van der Waals surface area contributed by atoms with Gasteiger partial charge in [-0.2, -0.15) is 0 Å². The van der Waals surface area contributed by atoms with E-state index in [9.17, 15) is 9.59 Å². The number of carbonyl (C=O) groups excluding carboxylic acids is 1. The lowest BCUT2D eigenvalue weighted by molar-refractivity contribution is -0.113. The summed E-state index contributed by atoms with van der Waals surface area (Å²) in [7, 11) is 0. The number of amides is 1. The maximum atomic E-state index is 12.6. The van der Waals surface area contributed by atoms with Gasteiger partial charge in [0.15, 0.2) is 5.16 Å². The predicted molar refractivity (Wildman–Crippen MR) is 109 cm³/mol. The van der Waals surface area contributed by atoms with E-state index in [2.05, 4.69) is 15.5 Å². The summed E-state index contributed by atoms with van der Waals surface area (Å²) >= 11 is 2.70. The van der Waals surface area contributed by atoms with Crippen LogP contribution >= 0.6 is 23.1 Å². The smallest absolute Gasteiger partial charge is 0.272 e. The van der Waals surface area contributed by atoms with Crippen LogP contribution in [0.3, 0.4) is 0 Å². The van der Waals surface area contributed by atoms with Gasteiger partial charge < -0.3 is 5.32 Å². The fourth-order valence-electron chi connectivity index (χ4n) is 2.93. The Bertz CT molecular complexity index is 1210. The summed E-state index contributed by atoms with van der Waals surface area (Å²) < 4.78 is 4.11. The lowest BCUT2D eigenvalue weighted by Gasteiger charge is -2.07. The molecule has 1 N–H and O–H groups in total. The van der Waals surface area contributed by atoms with E-state index < -0.39 is 0 Å². The molecular weight excluding hydrogens is 382 g/mol. The summed E-state index contributed by atoms with van der Waals surface area (Å²) in [5.41, 5.74) is 2.57. The minimum Gasteiger partial charge on any atom is -0.325 e. The van der Waals surface area contributed by atoms with Crippen molar-refractivity contribution in [2.75, 3.05) is 11.1 Å². The van der Waals surface area contributed by atoms with Crippen molar-refractivity contribution >= 4 is 50.7 Å². The van der Waals surface area contributed by atoms with Crippen LogP contribution in [0.2, 0.25) is 0 Å². The second kappa shape index (κ2) is 7.16. The summed E-state index contributed by atoms with van der Waals surface area (Å²) in [6.45, 7) is 4.39. The lowest BCUT2D eigenvalue weighted by Crippen LogP contribution is -2.21. The Hall–Kier alpha value is -2.65. The first kappa shape index (κ1) is 17.7. The van der Waals surface area contributed by atoms with Gasteiger partial charge in [0.25, 0.3) is 5.56 Å². The molecule has 0 unspecified atom stereocenters. The molecule has 138 valence electrons. The Labute approximate surface area is 163 Å². The predicted octanol–water partition coefficient (Wildman–Crippen LogP) is 3.16. The lowest BCUT2D eigenvalue weighted by atomic mass is 10.2. The number of nitrogens with one attached hydrogen (secondary N) is 1. The van der Waals surface area contributed by atoms with Gasteiger partial charge in [-0.1, -0.05) is 23.9 Å². The molecule has 3 aromatic heterocycles. The number of hydrogen-bond donors (Lipinski definition) is 1. The number of anilines is 1. The minimum atomic E-state index is -0.118. The molecule has 0 radical (unpaired) electrons. The normalized spacial score (nSPS) is 11.3. The summed E-state index contributed by atoms with van der Waals surface area (Å²) in [5.74, 6) is 0.578. The van der Waals surface area contributed by atoms with Crippen molar-refractivity contribution in [2.45, 2.75) is 25.5 Å². The number of hydrogen-bond acceptors (Lipinski definition) is 6. The topological polar surface area (TPSA) is 81.3 Å². The first-order valence-corrected chi connectivity index (χ1v) is 10.3. The van der Waals surface area contributed by atoms with Gasteiger partial charge in [0.1, 0.15) is 4.70 Å². The molecule has 0 aliphatic rings. The van der Waals surface area contributed by atoms with E-state index in [-0.39, 0.29) is 17.2 Å². The fourth-order valence-corrected chi connectivity index (χ4v) is 4.49. The molecule has 1 amide bonds. The van der Waals surface area contributed by atoms with Gasteiger partial charge in [-0.15, -0.1) is 21.5 Å². The Kier molecular flexibility index (Phi) is 4.71. The molecule has 9 heteroatoms. The van der Waals surface area contributed by atoms with Crippen molar-refractivity contribution in [1.82, 2.24) is 19.2 Å². The molecule has 0 bridgehead atoms. The van der Waals surface area contributed by atoms with Crippen LogP contribution in [0.5, 0.6) is 0 Å². The van der Waals surface area contributed by atoms with Crippen LogP contribution in [0.1, 0.15) is 12.5 Å². The molecular formula is C18H17N5O2S2. The standard InChI is InChI=1S/C18H17N5O2S2/c1-3-22-16(25)15-13(7-8-26-15)23-17(22)20-21-18(23)27-10-14(24)19-12-6-4-5-11(2)9-12/h4-9H,3,10H2,1-2H3,(H,19,24). The van der Waals surface area contributed by atoms with Gasteiger partial charge in [-0.25, -0.2) is 0 Å². The highest BCUT2D eigenvalue weighted by Gasteiger charge is 2.17. The SMILES string of the molecule is CCn1c(=O)c2sccc2n2c(SCC(=O)Nc3cccc(C)c3)nnc12. The van der Waals surface area contributed by atoms with E-state index in [4.69, 9.17) is 0 Å². The molecule has 0 saturated carbocycles. The highest BCUT2D eigenvalue weighted by atomic mass is 32.2. The zero-order valence-corrected chi connectivity index (χ0v) is 16.4. The number of carbonyl (C=O) groups is 1. The summed E-state index contributed by atoms with van der Waals surface area (Å²) in [6, 6.07) is 9.54. The monoisotopic (exact) mass is 399 g/mol. The van der Waals surface area contributed by atoms with Crippen LogP contribution in [0, 0.1) is 6.92 Å².